The fraction of sp³-hybridized carbons (Fsp3) is 0.436. The van der Waals surface area contributed by atoms with E-state index in [1.165, 1.54) is 29.6 Å². The van der Waals surface area contributed by atoms with E-state index in [1.807, 2.05) is 123 Å². The van der Waals surface area contributed by atoms with Crippen LogP contribution in [0.15, 0.2) is 60.7 Å². The second-order valence-corrected chi connectivity index (χ2v) is 13.4. The summed E-state index contributed by atoms with van der Waals surface area (Å²) in [5, 5.41) is 0. The van der Waals surface area contributed by atoms with Gasteiger partial charge in [-0.05, 0) is 53.9 Å². The molecule has 0 bridgehead atoms. The monoisotopic (exact) mass is 747 g/mol. The number of hydrogen-bond acceptors (Lipinski definition) is 0. The van der Waals surface area contributed by atoms with Crippen LogP contribution in [0, 0.1) is 61.1 Å². The summed E-state index contributed by atoms with van der Waals surface area (Å²) in [6.45, 7) is 47.4. The quantitative estimate of drug-likeness (QED) is 0.110. The van der Waals surface area contributed by atoms with Gasteiger partial charge in [0.25, 0.3) is 0 Å². The summed E-state index contributed by atoms with van der Waals surface area (Å²) in [7, 11) is -6.00. The van der Waals surface area contributed by atoms with Crippen LogP contribution in [-0.2, 0) is 21.1 Å². The first-order valence-corrected chi connectivity index (χ1v) is 15.0. The van der Waals surface area contributed by atoms with Crippen molar-refractivity contribution >= 4 is 7.25 Å². The van der Waals surface area contributed by atoms with E-state index in [4.69, 9.17) is 19.7 Å². The third kappa shape index (κ3) is 34.3. The van der Waals surface area contributed by atoms with Gasteiger partial charge in [0.15, 0.2) is 0 Å². The van der Waals surface area contributed by atoms with Gasteiger partial charge in [-0.2, -0.15) is 0 Å². The van der Waals surface area contributed by atoms with Gasteiger partial charge in [-0.15, -0.1) is 0 Å². The Hall–Kier alpha value is -3.06. The molecule has 3 rings (SSSR count). The number of benzene rings is 2. The second-order valence-electron chi connectivity index (χ2n) is 13.4. The Morgan fingerprint density at radius 1 is 0.458 bits per heavy atom. The summed E-state index contributed by atoms with van der Waals surface area (Å²) in [6, 6.07) is 20.0. The van der Waals surface area contributed by atoms with Crippen LogP contribution in [-0.4, -0.2) is 23.9 Å². The molecule has 2 aromatic rings. The van der Waals surface area contributed by atoms with Crippen LogP contribution >= 0.6 is 0 Å². The zero-order valence-corrected chi connectivity index (χ0v) is 33.1. The molecular weight excluding hydrogens is 693 g/mol. The fourth-order valence-electron chi connectivity index (χ4n) is 2.59. The van der Waals surface area contributed by atoms with E-state index in [0.717, 1.165) is 11.1 Å². The van der Waals surface area contributed by atoms with Gasteiger partial charge in [-0.3, -0.25) is 0 Å². The molecule has 2 aromatic carbocycles. The summed E-state index contributed by atoms with van der Waals surface area (Å²) >= 11 is 0. The zero-order valence-electron chi connectivity index (χ0n) is 31.1. The van der Waals surface area contributed by atoms with Gasteiger partial charge < -0.3 is 31.8 Å². The first kappa shape index (κ1) is 51.8. The van der Waals surface area contributed by atoms with Crippen molar-refractivity contribution in [2.24, 2.45) is 0 Å². The molecule has 1 saturated carbocycles. The van der Waals surface area contributed by atoms with Crippen LogP contribution in [0.4, 0.5) is 17.3 Å². The summed E-state index contributed by atoms with van der Waals surface area (Å²) in [5.74, 6) is 13.6. The summed E-state index contributed by atoms with van der Waals surface area (Å²) in [6.07, 6.45) is 0. The molecule has 0 amide bonds. The Bertz CT molecular complexity index is 1150. The zero-order chi connectivity index (χ0) is 37.6. The molecule has 1 aliphatic rings. The molecule has 5 radical (unpaired) electrons. The molecule has 0 heterocycles. The van der Waals surface area contributed by atoms with Crippen LogP contribution in [0.5, 0.6) is 0 Å². The van der Waals surface area contributed by atoms with Gasteiger partial charge in [0.05, 0.1) is 0 Å². The summed E-state index contributed by atoms with van der Waals surface area (Å²) in [5.41, 5.74) is 1.60. The Morgan fingerprint density at radius 2 is 0.604 bits per heavy atom. The van der Waals surface area contributed by atoms with E-state index >= 15 is 0 Å². The molecule has 259 valence electrons. The SMILES string of the molecule is C(#Cc1ccccc1)c1ccccc1.C[C]1[C](C)[C](C)[C](C)[C]1C.F[B-](F)(F)F.[C-]#[N+]C(C)(C)C.[C-]#[N+]C(C)(C)C.[C-]#[N+]C(C)(C)C.[Mo+2]. The van der Waals surface area contributed by atoms with E-state index in [9.17, 15) is 17.3 Å². The van der Waals surface area contributed by atoms with Gasteiger partial charge in [0, 0.05) is 73.4 Å². The van der Waals surface area contributed by atoms with Crippen LogP contribution in [0.1, 0.15) is 108 Å². The molecule has 0 N–H and O–H groups in total. The van der Waals surface area contributed by atoms with Crippen molar-refractivity contribution in [3.63, 3.8) is 0 Å². The van der Waals surface area contributed by atoms with E-state index in [1.54, 1.807) is 0 Å². The van der Waals surface area contributed by atoms with Gasteiger partial charge in [-0.1, -0.05) is 82.9 Å². The van der Waals surface area contributed by atoms with Crippen molar-refractivity contribution in [3.05, 3.63) is 136 Å². The van der Waals surface area contributed by atoms with E-state index < -0.39 is 7.25 Å². The Morgan fingerprint density at radius 3 is 0.729 bits per heavy atom. The van der Waals surface area contributed by atoms with Crippen LogP contribution < -0.4 is 0 Å². The summed E-state index contributed by atoms with van der Waals surface area (Å²) < 4.78 is 39.0. The van der Waals surface area contributed by atoms with E-state index in [0.29, 0.717) is 0 Å². The third-order valence-corrected chi connectivity index (χ3v) is 5.72. The second kappa shape index (κ2) is 25.0. The fourth-order valence-corrected chi connectivity index (χ4v) is 2.59. The average Bonchev–Trinajstić information content (AvgIpc) is 3.14. The molecule has 0 spiro atoms. The molecule has 1 aliphatic carbocycles. The Kier molecular flexibility index (Phi) is 27.0. The maximum atomic E-state index is 9.75. The van der Waals surface area contributed by atoms with Gasteiger partial charge >= 0.3 is 28.3 Å². The standard InChI is InChI=1S/C14H10.C10H15.3C5H9N.BF4.Mo/c1-3-7-13(8-4-1)11-12-14-9-5-2-6-10-14;1-6-7(2)9(4)10(5)8(6)3;3*1-5(2,3)6-4;2-1(3,4)5;/h1-10H;1-5H3;3*1-3H3;;/q;;;;;-1;+2. The Balaban J connectivity index is -0.000000254. The topological polar surface area (TPSA) is 13.1 Å². The molecule has 0 aromatic heterocycles. The van der Waals surface area contributed by atoms with Crippen molar-refractivity contribution in [1.82, 2.24) is 0 Å². The van der Waals surface area contributed by atoms with Gasteiger partial charge in [0.1, 0.15) is 0 Å². The third-order valence-electron chi connectivity index (χ3n) is 5.72. The first-order chi connectivity index (χ1) is 21.2. The number of hydrogen-bond donors (Lipinski definition) is 0. The van der Waals surface area contributed by atoms with Crippen LogP contribution in [0.3, 0.4) is 0 Å². The molecule has 0 saturated heterocycles. The predicted molar refractivity (Wildman–Crippen MR) is 193 cm³/mol. The van der Waals surface area contributed by atoms with Crippen molar-refractivity contribution < 1.29 is 38.3 Å². The van der Waals surface area contributed by atoms with Crippen molar-refractivity contribution in [3.8, 4) is 11.8 Å². The van der Waals surface area contributed by atoms with Crippen molar-refractivity contribution in [2.45, 2.75) is 114 Å². The molecule has 0 atom stereocenters. The minimum Gasteiger partial charge on any atom is -0.418 e. The van der Waals surface area contributed by atoms with Crippen molar-refractivity contribution in [2.75, 3.05) is 0 Å². The van der Waals surface area contributed by atoms with Crippen LogP contribution in [0.25, 0.3) is 14.5 Å². The molecule has 1 fully saturated rings. The van der Waals surface area contributed by atoms with Crippen LogP contribution in [0.2, 0.25) is 0 Å². The molecular formula is C39H52BF4MoN3+. The first-order valence-electron chi connectivity index (χ1n) is 15.0. The predicted octanol–water partition coefficient (Wildman–Crippen LogP) is 12.5. The largest absolute Gasteiger partial charge is 2.00 e. The van der Waals surface area contributed by atoms with Gasteiger partial charge in [-0.25, -0.2) is 19.7 Å². The minimum absolute atomic E-state index is 0. The number of halogens is 4. The number of rotatable bonds is 0. The maximum Gasteiger partial charge on any atom is 2.00 e. The smallest absolute Gasteiger partial charge is 0.418 e. The Labute approximate surface area is 305 Å². The summed E-state index contributed by atoms with van der Waals surface area (Å²) in [4.78, 5) is 9.81. The maximum absolute atomic E-state index is 9.75. The molecule has 0 unspecified atom stereocenters. The normalized spacial score (nSPS) is 13.6. The molecule has 0 aliphatic heterocycles. The van der Waals surface area contributed by atoms with E-state index in [-0.39, 0.29) is 37.7 Å². The molecule has 48 heavy (non-hydrogen) atoms. The van der Waals surface area contributed by atoms with E-state index in [2.05, 4.69) is 61.0 Å². The molecule has 3 nitrogen and oxygen atoms in total. The number of nitrogens with zero attached hydrogens (tertiary/aromatic N) is 3. The molecule has 9 heteroatoms. The van der Waals surface area contributed by atoms with Gasteiger partial charge in [0.2, 0.25) is 16.6 Å². The van der Waals surface area contributed by atoms with Crippen molar-refractivity contribution in [1.29, 1.82) is 0 Å². The average molecular weight is 746 g/mol. The minimum atomic E-state index is -6.00.